The van der Waals surface area contributed by atoms with Crippen LogP contribution < -0.4 is 16.4 Å². The summed E-state index contributed by atoms with van der Waals surface area (Å²) in [6.07, 6.45) is 7.31. The topological polar surface area (TPSA) is 79.6 Å². The maximum absolute atomic E-state index is 12.5. The Hall–Kier alpha value is -2.57. The van der Waals surface area contributed by atoms with Crippen LogP contribution in [0.2, 0.25) is 0 Å². The Morgan fingerprint density at radius 2 is 2.00 bits per heavy atom. The lowest BCUT2D eigenvalue weighted by molar-refractivity contribution is -0.112. The molecule has 3 rings (SSSR count). The van der Waals surface area contributed by atoms with Crippen molar-refractivity contribution in [1.29, 1.82) is 0 Å². The second-order valence-corrected chi connectivity index (χ2v) is 6.78. The third kappa shape index (κ3) is 5.21. The number of hydrogen-bond donors (Lipinski definition) is 3. The van der Waals surface area contributed by atoms with Gasteiger partial charge in [0.05, 0.1) is 18.3 Å². The predicted octanol–water partition coefficient (Wildman–Crippen LogP) is 2.29. The molecule has 0 aliphatic carbocycles. The molecule has 0 aromatic heterocycles. The van der Waals surface area contributed by atoms with E-state index >= 15 is 0 Å². The van der Waals surface area contributed by atoms with E-state index in [1.807, 2.05) is 30.3 Å². The molecule has 0 radical (unpaired) electrons. The summed E-state index contributed by atoms with van der Waals surface area (Å²) in [6.45, 7) is 8.50. The summed E-state index contributed by atoms with van der Waals surface area (Å²) in [7, 11) is 0. The lowest BCUT2D eigenvalue weighted by Gasteiger charge is -2.24. The van der Waals surface area contributed by atoms with Gasteiger partial charge in [0.15, 0.2) is 0 Å². The van der Waals surface area contributed by atoms with E-state index in [1.165, 1.54) is 19.0 Å². The summed E-state index contributed by atoms with van der Waals surface area (Å²) in [5.41, 5.74) is 8.77. The van der Waals surface area contributed by atoms with Crippen LogP contribution in [0.1, 0.15) is 24.5 Å². The average Bonchev–Trinajstić information content (AvgIpc) is 3.24. The SMILES string of the molecule is C=C(/C=C\C(=C/N)C(=O)Nc1ccc(C2CNCCO2)cc1)N1CCCC1. The number of rotatable bonds is 6. The van der Waals surface area contributed by atoms with Crippen molar-refractivity contribution in [3.63, 3.8) is 0 Å². The molecule has 1 atom stereocenters. The summed E-state index contributed by atoms with van der Waals surface area (Å²) in [6, 6.07) is 7.72. The quantitative estimate of drug-likeness (QED) is 0.530. The smallest absolute Gasteiger partial charge is 0.257 e. The normalized spacial score (nSPS) is 20.8. The van der Waals surface area contributed by atoms with Gasteiger partial charge in [-0.25, -0.2) is 0 Å². The third-order valence-corrected chi connectivity index (χ3v) is 4.88. The van der Waals surface area contributed by atoms with E-state index in [1.54, 1.807) is 6.08 Å². The summed E-state index contributed by atoms with van der Waals surface area (Å²) < 4.78 is 5.74. The van der Waals surface area contributed by atoms with E-state index < -0.39 is 0 Å². The predicted molar refractivity (Wildman–Crippen MR) is 108 cm³/mol. The largest absolute Gasteiger partial charge is 0.404 e. The van der Waals surface area contributed by atoms with Crippen molar-refractivity contribution in [2.24, 2.45) is 5.73 Å². The Kier molecular flexibility index (Phi) is 6.68. The van der Waals surface area contributed by atoms with Crippen LogP contribution in [0.5, 0.6) is 0 Å². The van der Waals surface area contributed by atoms with Crippen molar-refractivity contribution in [2.75, 3.05) is 38.1 Å². The number of ether oxygens (including phenoxy) is 1. The molecule has 2 aliphatic rings. The summed E-state index contributed by atoms with van der Waals surface area (Å²) in [4.78, 5) is 14.7. The molecule has 4 N–H and O–H groups in total. The first-order valence-corrected chi connectivity index (χ1v) is 9.45. The number of benzene rings is 1. The average molecular weight is 368 g/mol. The van der Waals surface area contributed by atoms with Crippen molar-refractivity contribution in [3.05, 3.63) is 66.0 Å². The molecule has 6 heteroatoms. The Morgan fingerprint density at radius 3 is 2.63 bits per heavy atom. The minimum absolute atomic E-state index is 0.0579. The van der Waals surface area contributed by atoms with Crippen LogP contribution in [0.25, 0.3) is 0 Å². The van der Waals surface area contributed by atoms with E-state index in [0.717, 1.165) is 43.1 Å². The molecule has 144 valence electrons. The van der Waals surface area contributed by atoms with Gasteiger partial charge >= 0.3 is 0 Å². The highest BCUT2D eigenvalue weighted by Crippen LogP contribution is 2.21. The number of nitrogens with zero attached hydrogens (tertiary/aromatic N) is 1. The van der Waals surface area contributed by atoms with Gasteiger partial charge in [-0.05, 0) is 42.7 Å². The minimum Gasteiger partial charge on any atom is -0.404 e. The molecule has 1 unspecified atom stereocenters. The highest BCUT2D eigenvalue weighted by molar-refractivity contribution is 6.05. The number of amides is 1. The standard InChI is InChI=1S/C21H28N4O2/c1-16(25-11-2-3-12-25)4-5-18(14-22)21(26)24-19-8-6-17(7-9-19)20-15-23-10-13-27-20/h4-9,14,20,23H,1-3,10-13,15,22H2,(H,24,26)/b5-4-,18-14+. The second-order valence-electron chi connectivity index (χ2n) is 6.78. The highest BCUT2D eigenvalue weighted by Gasteiger charge is 2.16. The summed E-state index contributed by atoms with van der Waals surface area (Å²) in [5.74, 6) is -0.244. The fourth-order valence-electron chi connectivity index (χ4n) is 3.27. The Bertz CT molecular complexity index is 712. The highest BCUT2D eigenvalue weighted by atomic mass is 16.5. The van der Waals surface area contributed by atoms with Crippen molar-refractivity contribution in [3.8, 4) is 0 Å². The van der Waals surface area contributed by atoms with Gasteiger partial charge in [-0.2, -0.15) is 0 Å². The molecule has 1 aromatic carbocycles. The first-order chi connectivity index (χ1) is 13.2. The summed E-state index contributed by atoms with van der Waals surface area (Å²) >= 11 is 0. The van der Waals surface area contributed by atoms with Crippen molar-refractivity contribution >= 4 is 11.6 Å². The van der Waals surface area contributed by atoms with Gasteiger partial charge in [-0.1, -0.05) is 18.7 Å². The van der Waals surface area contributed by atoms with Crippen molar-refractivity contribution in [1.82, 2.24) is 10.2 Å². The molecule has 2 fully saturated rings. The van der Waals surface area contributed by atoms with E-state index in [2.05, 4.69) is 22.1 Å². The zero-order valence-corrected chi connectivity index (χ0v) is 15.6. The van der Waals surface area contributed by atoms with E-state index in [-0.39, 0.29) is 12.0 Å². The number of nitrogens with one attached hydrogen (secondary N) is 2. The fraction of sp³-hybridized carbons (Fsp3) is 0.381. The van der Waals surface area contributed by atoms with Crippen LogP contribution in [0.4, 0.5) is 5.69 Å². The Labute approximate surface area is 160 Å². The Morgan fingerprint density at radius 1 is 1.26 bits per heavy atom. The minimum atomic E-state index is -0.244. The molecular formula is C21H28N4O2. The molecule has 0 bridgehead atoms. The van der Waals surface area contributed by atoms with Gasteiger partial charge in [-0.15, -0.1) is 0 Å². The Balaban J connectivity index is 1.56. The maximum Gasteiger partial charge on any atom is 0.257 e. The van der Waals surface area contributed by atoms with Gasteiger partial charge < -0.3 is 26.0 Å². The molecule has 2 aliphatic heterocycles. The molecule has 2 heterocycles. The number of carbonyl (C=O) groups is 1. The molecular weight excluding hydrogens is 340 g/mol. The van der Waals surface area contributed by atoms with Crippen LogP contribution in [-0.2, 0) is 9.53 Å². The molecule has 27 heavy (non-hydrogen) atoms. The second kappa shape index (κ2) is 9.39. The third-order valence-electron chi connectivity index (χ3n) is 4.88. The molecule has 1 aromatic rings. The number of anilines is 1. The number of carbonyl (C=O) groups excluding carboxylic acids is 1. The molecule has 0 saturated carbocycles. The van der Waals surface area contributed by atoms with Crippen LogP contribution in [0, 0.1) is 0 Å². The van der Waals surface area contributed by atoms with E-state index in [9.17, 15) is 4.79 Å². The molecule has 0 spiro atoms. The van der Waals surface area contributed by atoms with Gasteiger partial charge in [0.25, 0.3) is 5.91 Å². The number of hydrogen-bond acceptors (Lipinski definition) is 5. The zero-order valence-electron chi connectivity index (χ0n) is 15.6. The maximum atomic E-state index is 12.5. The first-order valence-electron chi connectivity index (χ1n) is 9.45. The van der Waals surface area contributed by atoms with Crippen molar-refractivity contribution < 1.29 is 9.53 Å². The zero-order chi connectivity index (χ0) is 19.1. The lowest BCUT2D eigenvalue weighted by atomic mass is 10.1. The van der Waals surface area contributed by atoms with Crippen LogP contribution in [0.3, 0.4) is 0 Å². The number of allylic oxidation sites excluding steroid dienone is 1. The van der Waals surface area contributed by atoms with Crippen LogP contribution in [0.15, 0.2) is 60.5 Å². The number of nitrogens with two attached hydrogens (primary N) is 1. The van der Waals surface area contributed by atoms with E-state index in [4.69, 9.17) is 10.5 Å². The first kappa shape index (κ1) is 19.2. The molecule has 2 saturated heterocycles. The van der Waals surface area contributed by atoms with E-state index in [0.29, 0.717) is 12.2 Å². The van der Waals surface area contributed by atoms with Crippen molar-refractivity contribution in [2.45, 2.75) is 18.9 Å². The number of likely N-dealkylation sites (tertiary alicyclic amines) is 1. The summed E-state index contributed by atoms with van der Waals surface area (Å²) in [5, 5.41) is 6.19. The monoisotopic (exact) mass is 368 g/mol. The molecule has 1 amide bonds. The van der Waals surface area contributed by atoms with Gasteiger partial charge in [-0.3, -0.25) is 4.79 Å². The fourth-order valence-corrected chi connectivity index (χ4v) is 3.27. The lowest BCUT2D eigenvalue weighted by Crippen LogP contribution is -2.33. The molecule has 6 nitrogen and oxygen atoms in total. The van der Waals surface area contributed by atoms with Gasteiger partial charge in [0.2, 0.25) is 0 Å². The van der Waals surface area contributed by atoms with Gasteiger partial charge in [0, 0.05) is 43.8 Å². The van der Waals surface area contributed by atoms with Crippen LogP contribution >= 0.6 is 0 Å². The van der Waals surface area contributed by atoms with Gasteiger partial charge in [0.1, 0.15) is 0 Å². The van der Waals surface area contributed by atoms with Crippen LogP contribution in [-0.4, -0.2) is 43.6 Å². The number of morpholine rings is 1.